The first-order valence-electron chi connectivity index (χ1n) is 5.65. The molecule has 0 unspecified atom stereocenters. The quantitative estimate of drug-likeness (QED) is 0.748. The molecule has 0 saturated heterocycles. The molecule has 20 heavy (non-hydrogen) atoms. The zero-order chi connectivity index (χ0) is 14.8. The number of aryl methyl sites for hydroxylation is 1. The summed E-state index contributed by atoms with van der Waals surface area (Å²) in [7, 11) is -2.25. The van der Waals surface area contributed by atoms with Crippen molar-refractivity contribution in [3.8, 4) is 0 Å². The molecule has 1 aromatic carbocycles. The third-order valence-corrected chi connectivity index (χ3v) is 4.19. The summed E-state index contributed by atoms with van der Waals surface area (Å²) >= 11 is 0. The predicted octanol–water partition coefficient (Wildman–Crippen LogP) is 0.274. The topological polar surface area (TPSA) is 117 Å². The molecule has 9 heteroatoms. The van der Waals surface area contributed by atoms with Crippen LogP contribution in [0, 0.1) is 6.92 Å². The summed E-state index contributed by atoms with van der Waals surface area (Å²) in [5.74, 6) is -0.456. The molecular weight excluding hydrogens is 282 g/mol. The minimum Gasteiger partial charge on any atom is -0.319 e. The van der Waals surface area contributed by atoms with Gasteiger partial charge in [0.1, 0.15) is 6.33 Å². The third kappa shape index (κ3) is 2.83. The average Bonchev–Trinajstić information content (AvgIpc) is 2.95. The second-order valence-corrected chi connectivity index (χ2v) is 5.83. The molecule has 0 saturated carbocycles. The van der Waals surface area contributed by atoms with E-state index in [4.69, 9.17) is 0 Å². The summed E-state index contributed by atoms with van der Waals surface area (Å²) in [5.41, 5.74) is 0.933. The van der Waals surface area contributed by atoms with Crippen LogP contribution in [0.5, 0.6) is 0 Å². The molecule has 0 aliphatic carbocycles. The van der Waals surface area contributed by atoms with Crippen LogP contribution in [0.4, 0.5) is 5.69 Å². The molecular formula is C11H13N5O3S. The Labute approximate surface area is 115 Å². The lowest BCUT2D eigenvalue weighted by Gasteiger charge is -2.09. The van der Waals surface area contributed by atoms with E-state index in [0.717, 1.165) is 0 Å². The Morgan fingerprint density at radius 2 is 2.10 bits per heavy atom. The predicted molar refractivity (Wildman–Crippen MR) is 71.8 cm³/mol. The number of benzene rings is 1. The number of anilines is 1. The van der Waals surface area contributed by atoms with Crippen LogP contribution < -0.4 is 10.0 Å². The van der Waals surface area contributed by atoms with Crippen LogP contribution in [-0.4, -0.2) is 36.6 Å². The van der Waals surface area contributed by atoms with Crippen molar-refractivity contribution < 1.29 is 13.2 Å². The molecule has 1 heterocycles. The normalized spacial score (nSPS) is 11.3. The van der Waals surface area contributed by atoms with Gasteiger partial charge in [-0.15, -0.1) is 0 Å². The first-order chi connectivity index (χ1) is 9.44. The van der Waals surface area contributed by atoms with Gasteiger partial charge in [0.05, 0.1) is 4.90 Å². The Balaban J connectivity index is 2.31. The number of aromatic nitrogens is 3. The van der Waals surface area contributed by atoms with Gasteiger partial charge in [0, 0.05) is 5.69 Å². The number of nitrogens with one attached hydrogen (secondary N) is 3. The largest absolute Gasteiger partial charge is 0.319 e. The van der Waals surface area contributed by atoms with Crippen molar-refractivity contribution in [2.24, 2.45) is 0 Å². The van der Waals surface area contributed by atoms with Crippen LogP contribution in [0.3, 0.4) is 0 Å². The number of rotatable bonds is 4. The van der Waals surface area contributed by atoms with Crippen molar-refractivity contribution in [3.05, 3.63) is 35.9 Å². The van der Waals surface area contributed by atoms with E-state index in [1.807, 2.05) is 0 Å². The number of amides is 1. The average molecular weight is 295 g/mol. The standard InChI is InChI=1S/C11H13N5O3S/c1-7-3-4-8(5-9(7)20(18,19)12-2)15-11(17)10-13-6-14-16-10/h3-6,12H,1-2H3,(H,15,17)(H,13,14,16). The highest BCUT2D eigenvalue weighted by Crippen LogP contribution is 2.20. The van der Waals surface area contributed by atoms with Crippen molar-refractivity contribution in [2.75, 3.05) is 12.4 Å². The highest BCUT2D eigenvalue weighted by molar-refractivity contribution is 7.89. The maximum Gasteiger partial charge on any atom is 0.292 e. The van der Waals surface area contributed by atoms with E-state index in [-0.39, 0.29) is 10.7 Å². The van der Waals surface area contributed by atoms with Crippen LogP contribution in [0.1, 0.15) is 16.2 Å². The smallest absolute Gasteiger partial charge is 0.292 e. The summed E-state index contributed by atoms with van der Waals surface area (Å²) in [5, 5.41) is 8.53. The number of nitrogens with zero attached hydrogens (tertiary/aromatic N) is 2. The Morgan fingerprint density at radius 3 is 2.70 bits per heavy atom. The van der Waals surface area contributed by atoms with Gasteiger partial charge < -0.3 is 5.32 Å². The lowest BCUT2D eigenvalue weighted by atomic mass is 10.2. The van der Waals surface area contributed by atoms with E-state index >= 15 is 0 Å². The monoisotopic (exact) mass is 295 g/mol. The Bertz CT molecular complexity index is 725. The van der Waals surface area contributed by atoms with Gasteiger partial charge >= 0.3 is 0 Å². The summed E-state index contributed by atoms with van der Waals surface area (Å²) in [6, 6.07) is 4.61. The number of hydrogen-bond acceptors (Lipinski definition) is 5. The summed E-state index contributed by atoms with van der Waals surface area (Å²) < 4.78 is 25.9. The van der Waals surface area contributed by atoms with E-state index in [0.29, 0.717) is 11.3 Å². The van der Waals surface area contributed by atoms with Gasteiger partial charge in [-0.05, 0) is 31.7 Å². The van der Waals surface area contributed by atoms with Crippen LogP contribution in [-0.2, 0) is 10.0 Å². The van der Waals surface area contributed by atoms with Gasteiger partial charge in [-0.1, -0.05) is 6.07 Å². The van der Waals surface area contributed by atoms with Crippen LogP contribution in [0.2, 0.25) is 0 Å². The lowest BCUT2D eigenvalue weighted by Crippen LogP contribution is -2.20. The van der Waals surface area contributed by atoms with Crippen molar-refractivity contribution in [1.82, 2.24) is 19.9 Å². The van der Waals surface area contributed by atoms with Gasteiger partial charge in [0.15, 0.2) is 0 Å². The second-order valence-electron chi connectivity index (χ2n) is 3.98. The molecule has 0 radical (unpaired) electrons. The highest BCUT2D eigenvalue weighted by Gasteiger charge is 2.16. The summed E-state index contributed by atoms with van der Waals surface area (Å²) in [4.78, 5) is 15.6. The zero-order valence-corrected chi connectivity index (χ0v) is 11.7. The fourth-order valence-corrected chi connectivity index (χ4v) is 2.58. The minimum atomic E-state index is -3.58. The molecule has 106 valence electrons. The first-order valence-corrected chi connectivity index (χ1v) is 7.13. The van der Waals surface area contributed by atoms with Gasteiger partial charge in [-0.25, -0.2) is 18.1 Å². The summed E-state index contributed by atoms with van der Waals surface area (Å²) in [6.07, 6.45) is 1.21. The zero-order valence-electron chi connectivity index (χ0n) is 10.8. The fraction of sp³-hybridized carbons (Fsp3) is 0.182. The fourth-order valence-electron chi connectivity index (χ4n) is 1.58. The second kappa shape index (κ2) is 5.39. The third-order valence-electron chi connectivity index (χ3n) is 2.63. The van der Waals surface area contributed by atoms with Crippen LogP contribution in [0.25, 0.3) is 0 Å². The van der Waals surface area contributed by atoms with Gasteiger partial charge in [-0.3, -0.25) is 9.89 Å². The Morgan fingerprint density at radius 1 is 1.35 bits per heavy atom. The SMILES string of the molecule is CNS(=O)(=O)c1cc(NC(=O)c2ncn[nH]2)ccc1C. The molecule has 1 amide bonds. The lowest BCUT2D eigenvalue weighted by molar-refractivity contribution is 0.101. The van der Waals surface area contributed by atoms with Crippen molar-refractivity contribution in [1.29, 1.82) is 0 Å². The number of aromatic amines is 1. The molecule has 1 aromatic heterocycles. The number of carbonyl (C=O) groups is 1. The number of H-pyrrole nitrogens is 1. The Kier molecular flexibility index (Phi) is 3.81. The first kappa shape index (κ1) is 14.2. The molecule has 8 nitrogen and oxygen atoms in total. The molecule has 0 aliphatic rings. The minimum absolute atomic E-state index is 0.0450. The van der Waals surface area contributed by atoms with Crippen molar-refractivity contribution in [3.63, 3.8) is 0 Å². The van der Waals surface area contributed by atoms with E-state index in [1.54, 1.807) is 19.1 Å². The van der Waals surface area contributed by atoms with Crippen LogP contribution >= 0.6 is 0 Å². The maximum atomic E-state index is 11.8. The van der Waals surface area contributed by atoms with Crippen molar-refractivity contribution >= 4 is 21.6 Å². The molecule has 0 spiro atoms. The molecule has 0 fully saturated rings. The van der Waals surface area contributed by atoms with Gasteiger partial charge in [-0.2, -0.15) is 5.10 Å². The van der Waals surface area contributed by atoms with E-state index in [2.05, 4.69) is 25.2 Å². The Hall–Kier alpha value is -2.26. The molecule has 0 bridgehead atoms. The van der Waals surface area contributed by atoms with Crippen LogP contribution in [0.15, 0.2) is 29.4 Å². The maximum absolute atomic E-state index is 11.8. The van der Waals surface area contributed by atoms with E-state index in [9.17, 15) is 13.2 Å². The van der Waals surface area contributed by atoms with Crippen molar-refractivity contribution in [2.45, 2.75) is 11.8 Å². The molecule has 2 aromatic rings. The molecule has 2 rings (SSSR count). The molecule has 0 aliphatic heterocycles. The number of hydrogen-bond donors (Lipinski definition) is 3. The highest BCUT2D eigenvalue weighted by atomic mass is 32.2. The van der Waals surface area contributed by atoms with Gasteiger partial charge in [0.25, 0.3) is 5.91 Å². The van der Waals surface area contributed by atoms with E-state index in [1.165, 1.54) is 19.4 Å². The number of carbonyl (C=O) groups excluding carboxylic acids is 1. The molecule has 0 atom stereocenters. The summed E-state index contributed by atoms with van der Waals surface area (Å²) in [6.45, 7) is 1.67. The van der Waals surface area contributed by atoms with Gasteiger partial charge in [0.2, 0.25) is 15.8 Å². The number of sulfonamides is 1. The molecule has 3 N–H and O–H groups in total. The van der Waals surface area contributed by atoms with E-state index < -0.39 is 15.9 Å².